The van der Waals surface area contributed by atoms with E-state index in [0.717, 1.165) is 25.7 Å². The molecule has 0 aromatic heterocycles. The molecule has 0 amide bonds. The lowest BCUT2D eigenvalue weighted by Crippen LogP contribution is -2.49. The number of rotatable bonds is 4. The van der Waals surface area contributed by atoms with Gasteiger partial charge in [-0.3, -0.25) is 10.1 Å². The van der Waals surface area contributed by atoms with Gasteiger partial charge < -0.3 is 4.74 Å². The highest BCUT2D eigenvalue weighted by molar-refractivity contribution is 7.89. The van der Waals surface area contributed by atoms with E-state index in [2.05, 4.69) is 4.72 Å². The number of nitrogens with one attached hydrogen (secondary N) is 1. The van der Waals surface area contributed by atoms with Crippen LogP contribution in [0.3, 0.4) is 0 Å². The van der Waals surface area contributed by atoms with E-state index >= 15 is 0 Å². The minimum absolute atomic E-state index is 0.0915. The standard InChI is InChI=1S/C18H26N2O5S/c1-13-10-16(20(21)22)11-14(2)17(13)26(23,24)19-15-6-9-25-18(12-15)7-4-3-5-8-18/h10-11,15,19H,3-9,12H2,1-2H3. The number of benzene rings is 1. The van der Waals surface area contributed by atoms with E-state index in [0.29, 0.717) is 30.6 Å². The van der Waals surface area contributed by atoms with Gasteiger partial charge in [-0.05, 0) is 50.7 Å². The van der Waals surface area contributed by atoms with Gasteiger partial charge in [0.05, 0.1) is 15.4 Å². The van der Waals surface area contributed by atoms with E-state index in [9.17, 15) is 18.5 Å². The first-order valence-electron chi connectivity index (χ1n) is 9.14. The molecular weight excluding hydrogens is 356 g/mol. The van der Waals surface area contributed by atoms with Crippen LogP contribution in [-0.4, -0.2) is 31.6 Å². The Bertz CT molecular complexity index is 771. The number of nitro benzene ring substituents is 1. The summed E-state index contributed by atoms with van der Waals surface area (Å²) in [4.78, 5) is 10.6. The van der Waals surface area contributed by atoms with Gasteiger partial charge in [-0.1, -0.05) is 19.3 Å². The van der Waals surface area contributed by atoms with Crippen molar-refractivity contribution in [3.63, 3.8) is 0 Å². The molecule has 1 aliphatic carbocycles. The molecule has 8 heteroatoms. The van der Waals surface area contributed by atoms with Crippen molar-refractivity contribution in [3.05, 3.63) is 33.4 Å². The summed E-state index contributed by atoms with van der Waals surface area (Å²) in [6.07, 6.45) is 6.77. The van der Waals surface area contributed by atoms with Crippen molar-refractivity contribution in [2.24, 2.45) is 0 Å². The largest absolute Gasteiger partial charge is 0.375 e. The summed E-state index contributed by atoms with van der Waals surface area (Å²) in [6, 6.07) is 2.46. The van der Waals surface area contributed by atoms with Crippen LogP contribution in [0.2, 0.25) is 0 Å². The van der Waals surface area contributed by atoms with Crippen LogP contribution >= 0.6 is 0 Å². The topological polar surface area (TPSA) is 98.5 Å². The van der Waals surface area contributed by atoms with Crippen LogP contribution in [0.1, 0.15) is 56.1 Å². The Hall–Kier alpha value is -1.51. The summed E-state index contributed by atoms with van der Waals surface area (Å²) >= 11 is 0. The van der Waals surface area contributed by atoms with Gasteiger partial charge in [0.2, 0.25) is 10.0 Å². The normalized spacial score (nSPS) is 23.1. The second-order valence-corrected chi connectivity index (χ2v) is 9.22. The quantitative estimate of drug-likeness (QED) is 0.636. The fourth-order valence-electron chi connectivity index (χ4n) is 4.41. The molecule has 26 heavy (non-hydrogen) atoms. The summed E-state index contributed by atoms with van der Waals surface area (Å²) in [5.74, 6) is 0. The molecule has 2 aliphatic rings. The Morgan fingerprint density at radius 2 is 1.81 bits per heavy atom. The van der Waals surface area contributed by atoms with Crippen molar-refractivity contribution in [3.8, 4) is 0 Å². The second-order valence-electron chi connectivity index (χ2n) is 7.57. The number of non-ortho nitro benzene ring substituents is 1. The van der Waals surface area contributed by atoms with Gasteiger partial charge in [-0.2, -0.15) is 0 Å². The molecule has 1 atom stereocenters. The molecule has 3 rings (SSSR count). The van der Waals surface area contributed by atoms with E-state index in [1.54, 1.807) is 13.8 Å². The van der Waals surface area contributed by atoms with Gasteiger partial charge in [-0.25, -0.2) is 13.1 Å². The van der Waals surface area contributed by atoms with Crippen molar-refractivity contribution in [2.75, 3.05) is 6.61 Å². The zero-order chi connectivity index (χ0) is 18.9. The predicted octanol–water partition coefficient (Wildman–Crippen LogP) is 3.37. The molecule has 2 fully saturated rings. The number of hydrogen-bond acceptors (Lipinski definition) is 5. The molecule has 1 N–H and O–H groups in total. The van der Waals surface area contributed by atoms with Crippen LogP contribution in [0.15, 0.2) is 17.0 Å². The maximum atomic E-state index is 13.0. The van der Waals surface area contributed by atoms with Crippen LogP contribution in [0.25, 0.3) is 0 Å². The molecule has 144 valence electrons. The minimum Gasteiger partial charge on any atom is -0.375 e. The molecule has 1 unspecified atom stereocenters. The summed E-state index contributed by atoms with van der Waals surface area (Å²) in [5, 5.41) is 11.0. The van der Waals surface area contributed by atoms with E-state index in [1.807, 2.05) is 0 Å². The highest BCUT2D eigenvalue weighted by Gasteiger charge is 2.40. The highest BCUT2D eigenvalue weighted by Crippen LogP contribution is 2.39. The molecule has 0 radical (unpaired) electrons. The summed E-state index contributed by atoms with van der Waals surface area (Å²) in [6.45, 7) is 3.76. The summed E-state index contributed by atoms with van der Waals surface area (Å²) in [7, 11) is -3.75. The van der Waals surface area contributed by atoms with Crippen molar-refractivity contribution >= 4 is 15.7 Å². The van der Waals surface area contributed by atoms with E-state index in [4.69, 9.17) is 4.74 Å². The van der Waals surface area contributed by atoms with Gasteiger partial charge in [0.25, 0.3) is 5.69 Å². The Labute approximate surface area is 154 Å². The Balaban J connectivity index is 1.82. The molecule has 1 heterocycles. The summed E-state index contributed by atoms with van der Waals surface area (Å²) < 4.78 is 34.8. The minimum atomic E-state index is -3.75. The molecule has 7 nitrogen and oxygen atoms in total. The average Bonchev–Trinajstić information content (AvgIpc) is 2.54. The van der Waals surface area contributed by atoms with Crippen LogP contribution in [-0.2, 0) is 14.8 Å². The number of nitro groups is 1. The van der Waals surface area contributed by atoms with E-state index in [1.165, 1.54) is 18.6 Å². The average molecular weight is 382 g/mol. The second kappa shape index (κ2) is 7.25. The third-order valence-electron chi connectivity index (χ3n) is 5.50. The van der Waals surface area contributed by atoms with Crippen LogP contribution in [0.4, 0.5) is 5.69 Å². The molecular formula is C18H26N2O5S. The summed E-state index contributed by atoms with van der Waals surface area (Å²) in [5.41, 5.74) is 0.502. The highest BCUT2D eigenvalue weighted by atomic mass is 32.2. The Morgan fingerprint density at radius 1 is 1.19 bits per heavy atom. The molecule has 1 aromatic rings. The van der Waals surface area contributed by atoms with Gasteiger partial charge in [-0.15, -0.1) is 0 Å². The fraction of sp³-hybridized carbons (Fsp3) is 0.667. The molecule has 0 bridgehead atoms. The smallest absolute Gasteiger partial charge is 0.270 e. The molecule has 1 saturated carbocycles. The van der Waals surface area contributed by atoms with Crippen molar-refractivity contribution in [1.29, 1.82) is 0 Å². The maximum Gasteiger partial charge on any atom is 0.270 e. The van der Waals surface area contributed by atoms with Crippen molar-refractivity contribution < 1.29 is 18.1 Å². The first-order chi connectivity index (χ1) is 12.2. The predicted molar refractivity (Wildman–Crippen MR) is 97.7 cm³/mol. The first-order valence-corrected chi connectivity index (χ1v) is 10.6. The lowest BCUT2D eigenvalue weighted by Gasteiger charge is -2.43. The van der Waals surface area contributed by atoms with Crippen LogP contribution < -0.4 is 4.72 Å². The van der Waals surface area contributed by atoms with Crippen LogP contribution in [0.5, 0.6) is 0 Å². The van der Waals surface area contributed by atoms with Gasteiger partial charge >= 0.3 is 0 Å². The lowest BCUT2D eigenvalue weighted by atomic mass is 9.78. The maximum absolute atomic E-state index is 13.0. The van der Waals surface area contributed by atoms with Gasteiger partial charge in [0.15, 0.2) is 0 Å². The number of hydrogen-bond donors (Lipinski definition) is 1. The number of nitrogens with zero attached hydrogens (tertiary/aromatic N) is 1. The van der Waals surface area contributed by atoms with E-state index < -0.39 is 14.9 Å². The first kappa shape index (κ1) is 19.3. The number of sulfonamides is 1. The van der Waals surface area contributed by atoms with E-state index in [-0.39, 0.29) is 22.2 Å². The molecule has 1 aliphatic heterocycles. The zero-order valence-corrected chi connectivity index (χ0v) is 16.1. The van der Waals surface area contributed by atoms with Crippen molar-refractivity contribution in [2.45, 2.75) is 75.3 Å². The fourth-order valence-corrected chi connectivity index (χ4v) is 6.13. The SMILES string of the molecule is Cc1cc([N+](=O)[O-])cc(C)c1S(=O)(=O)NC1CCOC2(CCCCC2)C1. The third kappa shape index (κ3) is 3.92. The third-order valence-corrected chi connectivity index (χ3v) is 7.33. The number of ether oxygens (including phenoxy) is 1. The Morgan fingerprint density at radius 3 is 2.38 bits per heavy atom. The molecule has 1 saturated heterocycles. The Kier molecular flexibility index (Phi) is 5.37. The molecule has 1 aromatic carbocycles. The molecule has 1 spiro atoms. The van der Waals surface area contributed by atoms with Crippen LogP contribution in [0, 0.1) is 24.0 Å². The van der Waals surface area contributed by atoms with Crippen molar-refractivity contribution in [1.82, 2.24) is 4.72 Å². The van der Waals surface area contributed by atoms with Gasteiger partial charge in [0, 0.05) is 24.8 Å². The lowest BCUT2D eigenvalue weighted by molar-refractivity contribution is -0.385. The number of aryl methyl sites for hydroxylation is 2. The van der Waals surface area contributed by atoms with Gasteiger partial charge in [0.1, 0.15) is 0 Å². The zero-order valence-electron chi connectivity index (χ0n) is 15.3. The monoisotopic (exact) mass is 382 g/mol.